The van der Waals surface area contributed by atoms with E-state index in [2.05, 4.69) is 4.74 Å². The van der Waals surface area contributed by atoms with E-state index in [0.29, 0.717) is 0 Å². The molecule has 3 nitrogen and oxygen atoms in total. The molecule has 0 heterocycles. The van der Waals surface area contributed by atoms with Crippen LogP contribution in [0, 0.1) is 0 Å². The molecule has 1 aromatic rings. The lowest BCUT2D eigenvalue weighted by Crippen LogP contribution is -2.27. The van der Waals surface area contributed by atoms with E-state index in [1.807, 2.05) is 0 Å². The average molecular weight is 282 g/mol. The van der Waals surface area contributed by atoms with Crippen LogP contribution in [0.3, 0.4) is 0 Å². The molecule has 1 rings (SSSR count). The van der Waals surface area contributed by atoms with E-state index in [1.54, 1.807) is 0 Å². The molecule has 1 aromatic carbocycles. The van der Waals surface area contributed by atoms with Crippen LogP contribution in [0.1, 0.15) is 5.56 Å². The second-order valence-electron chi connectivity index (χ2n) is 3.47. The lowest BCUT2D eigenvalue weighted by Gasteiger charge is -2.19. The monoisotopic (exact) mass is 281 g/mol. The van der Waals surface area contributed by atoms with Crippen molar-refractivity contribution in [2.45, 2.75) is 6.18 Å². The summed E-state index contributed by atoms with van der Waals surface area (Å²) in [5, 5.41) is 0. The summed E-state index contributed by atoms with van der Waals surface area (Å²) in [6.45, 7) is 0. The minimum atomic E-state index is -4.55. The maximum atomic E-state index is 12.8. The van der Waals surface area contributed by atoms with Gasteiger partial charge in [-0.1, -0.05) is 0 Å². The van der Waals surface area contributed by atoms with Crippen LogP contribution >= 0.6 is 11.6 Å². The number of methoxy groups -OCH3 is 1. The van der Waals surface area contributed by atoms with Crippen LogP contribution in [0.5, 0.6) is 5.75 Å². The van der Waals surface area contributed by atoms with Gasteiger partial charge < -0.3 is 9.64 Å². The summed E-state index contributed by atoms with van der Waals surface area (Å²) >= 11 is 5.35. The van der Waals surface area contributed by atoms with Crippen molar-refractivity contribution in [3.8, 4) is 5.75 Å². The van der Waals surface area contributed by atoms with Crippen molar-refractivity contribution in [3.05, 3.63) is 23.8 Å². The molecule has 0 radical (unpaired) electrons. The molecular weight excluding hydrogens is 271 g/mol. The largest absolute Gasteiger partial charge is 0.496 e. The van der Waals surface area contributed by atoms with Crippen LogP contribution in [0.25, 0.3) is 0 Å². The second kappa shape index (κ2) is 5.48. The number of ether oxygens (including phenoxy) is 1. The van der Waals surface area contributed by atoms with Crippen LogP contribution in [0.4, 0.5) is 18.9 Å². The number of anilines is 1. The number of alkyl halides is 4. The minimum absolute atomic E-state index is 0.105. The van der Waals surface area contributed by atoms with Crippen molar-refractivity contribution < 1.29 is 22.7 Å². The summed E-state index contributed by atoms with van der Waals surface area (Å²) in [7, 11) is 2.50. The van der Waals surface area contributed by atoms with Gasteiger partial charge in [-0.2, -0.15) is 13.2 Å². The van der Waals surface area contributed by atoms with Gasteiger partial charge in [0.05, 0.1) is 12.7 Å². The summed E-state index contributed by atoms with van der Waals surface area (Å²) in [5.74, 6) is -1.09. The Labute approximate surface area is 107 Å². The Bertz CT molecular complexity index is 448. The molecule has 0 fully saturated rings. The Hall–Kier alpha value is -1.43. The van der Waals surface area contributed by atoms with E-state index < -0.39 is 17.6 Å². The maximum Gasteiger partial charge on any atom is 0.420 e. The first kappa shape index (κ1) is 14.6. The molecular formula is C11H11ClF3NO2. The lowest BCUT2D eigenvalue weighted by molar-refractivity contribution is -0.138. The van der Waals surface area contributed by atoms with E-state index in [0.717, 1.165) is 24.1 Å². The molecule has 0 unspecified atom stereocenters. The third-order valence-corrected chi connectivity index (χ3v) is 2.59. The molecule has 100 valence electrons. The first-order valence-electron chi connectivity index (χ1n) is 4.89. The van der Waals surface area contributed by atoms with E-state index >= 15 is 0 Å². The summed E-state index contributed by atoms with van der Waals surface area (Å²) in [4.78, 5) is 12.4. The van der Waals surface area contributed by atoms with Gasteiger partial charge in [0.15, 0.2) is 0 Å². The molecule has 0 bridgehead atoms. The van der Waals surface area contributed by atoms with Gasteiger partial charge in [-0.15, -0.1) is 11.6 Å². The molecule has 0 saturated heterocycles. The van der Waals surface area contributed by atoms with Gasteiger partial charge >= 0.3 is 6.18 Å². The van der Waals surface area contributed by atoms with Crippen LogP contribution in [0.15, 0.2) is 18.2 Å². The third-order valence-electron chi connectivity index (χ3n) is 2.36. The fourth-order valence-electron chi connectivity index (χ4n) is 1.36. The highest BCUT2D eigenvalue weighted by atomic mass is 35.5. The molecule has 0 N–H and O–H groups in total. The van der Waals surface area contributed by atoms with E-state index in [-0.39, 0.29) is 17.3 Å². The van der Waals surface area contributed by atoms with Crippen LogP contribution in [-0.4, -0.2) is 25.9 Å². The van der Waals surface area contributed by atoms with Gasteiger partial charge in [0.2, 0.25) is 5.91 Å². The number of hydrogen-bond acceptors (Lipinski definition) is 2. The minimum Gasteiger partial charge on any atom is -0.496 e. The number of carbonyl (C=O) groups excluding carboxylic acids is 1. The first-order valence-corrected chi connectivity index (χ1v) is 5.42. The van der Waals surface area contributed by atoms with Crippen molar-refractivity contribution in [2.75, 3.05) is 24.9 Å². The molecule has 18 heavy (non-hydrogen) atoms. The molecule has 0 spiro atoms. The number of amides is 1. The molecule has 1 amide bonds. The van der Waals surface area contributed by atoms with Crippen molar-refractivity contribution >= 4 is 23.2 Å². The topological polar surface area (TPSA) is 29.5 Å². The second-order valence-corrected chi connectivity index (χ2v) is 3.74. The molecule has 0 aromatic heterocycles. The Morgan fingerprint density at radius 2 is 2.06 bits per heavy atom. The van der Waals surface area contributed by atoms with Gasteiger partial charge in [0.25, 0.3) is 0 Å². The van der Waals surface area contributed by atoms with Crippen molar-refractivity contribution in [2.24, 2.45) is 0 Å². The van der Waals surface area contributed by atoms with Crippen LogP contribution in [0.2, 0.25) is 0 Å². The van der Waals surface area contributed by atoms with Gasteiger partial charge in [0, 0.05) is 12.7 Å². The zero-order valence-electron chi connectivity index (χ0n) is 9.71. The molecule has 0 aliphatic rings. The molecule has 7 heteroatoms. The lowest BCUT2D eigenvalue weighted by atomic mass is 10.1. The van der Waals surface area contributed by atoms with Crippen LogP contribution in [-0.2, 0) is 11.0 Å². The smallest absolute Gasteiger partial charge is 0.420 e. The van der Waals surface area contributed by atoms with Crippen LogP contribution < -0.4 is 9.64 Å². The molecule has 0 saturated carbocycles. The fourth-order valence-corrected chi connectivity index (χ4v) is 1.54. The zero-order chi connectivity index (χ0) is 13.9. The first-order chi connectivity index (χ1) is 8.31. The zero-order valence-corrected chi connectivity index (χ0v) is 10.5. The average Bonchev–Trinajstić information content (AvgIpc) is 2.35. The summed E-state index contributed by atoms with van der Waals surface area (Å²) in [6.07, 6.45) is -4.55. The predicted molar refractivity (Wildman–Crippen MR) is 62.1 cm³/mol. The van der Waals surface area contributed by atoms with Gasteiger partial charge in [-0.05, 0) is 18.2 Å². The molecule has 0 aliphatic heterocycles. The number of nitrogens with zero attached hydrogens (tertiary/aromatic N) is 1. The number of rotatable bonds is 3. The molecule has 0 aliphatic carbocycles. The Morgan fingerprint density at radius 3 is 2.50 bits per heavy atom. The predicted octanol–water partition coefficient (Wildman–Crippen LogP) is 2.92. The van der Waals surface area contributed by atoms with Gasteiger partial charge in [0.1, 0.15) is 11.6 Å². The normalized spacial score (nSPS) is 11.2. The van der Waals surface area contributed by atoms with Gasteiger partial charge in [-0.3, -0.25) is 4.79 Å². The number of carbonyl (C=O) groups is 1. The number of benzene rings is 1. The Balaban J connectivity index is 3.23. The summed E-state index contributed by atoms with van der Waals surface area (Å²) < 4.78 is 42.9. The van der Waals surface area contributed by atoms with Gasteiger partial charge in [-0.25, -0.2) is 0 Å². The highest BCUT2D eigenvalue weighted by molar-refractivity contribution is 6.29. The SMILES string of the molecule is COc1ccc(N(C)C(=O)CCl)cc1C(F)(F)F. The van der Waals surface area contributed by atoms with E-state index in [4.69, 9.17) is 11.6 Å². The van der Waals surface area contributed by atoms with Crippen molar-refractivity contribution in [1.82, 2.24) is 0 Å². The van der Waals surface area contributed by atoms with Crippen molar-refractivity contribution in [3.63, 3.8) is 0 Å². The third kappa shape index (κ3) is 3.07. The van der Waals surface area contributed by atoms with Crippen molar-refractivity contribution in [1.29, 1.82) is 0 Å². The highest BCUT2D eigenvalue weighted by Crippen LogP contribution is 2.38. The Kier molecular flexibility index (Phi) is 4.45. The maximum absolute atomic E-state index is 12.8. The number of halogens is 4. The van der Waals surface area contributed by atoms with E-state index in [1.165, 1.54) is 13.1 Å². The number of hydrogen-bond donors (Lipinski definition) is 0. The fraction of sp³-hybridized carbons (Fsp3) is 0.364. The van der Waals surface area contributed by atoms with E-state index in [9.17, 15) is 18.0 Å². The summed E-state index contributed by atoms with van der Waals surface area (Å²) in [6, 6.07) is 3.37. The standard InChI is InChI=1S/C11H11ClF3NO2/c1-16(10(17)6-12)7-3-4-9(18-2)8(5-7)11(13,14)15/h3-5H,6H2,1-2H3. The quantitative estimate of drug-likeness (QED) is 0.797. The molecule has 0 atom stereocenters. The Morgan fingerprint density at radius 1 is 1.44 bits per heavy atom. The highest BCUT2D eigenvalue weighted by Gasteiger charge is 2.35. The summed E-state index contributed by atoms with van der Waals surface area (Å²) in [5.41, 5.74) is -0.828.